The average Bonchev–Trinajstić information content (AvgIpc) is 2.90. The molecule has 43 heavy (non-hydrogen) atoms. The van der Waals surface area contributed by atoms with Crippen molar-refractivity contribution in [3.8, 4) is 0 Å². The SMILES string of the molecule is O=C(Nc1cccc(C(=O)N(I)c2ccc(C(F)(C(F)(F)F)C(F)(F)C(F)(F)F)cc2C(F)(F)F)c1)c1ccc(Cl)nc1. The number of alkyl halides is 12. The second-order valence-corrected chi connectivity index (χ2v) is 9.80. The van der Waals surface area contributed by atoms with Gasteiger partial charge in [0.25, 0.3) is 11.8 Å². The van der Waals surface area contributed by atoms with Gasteiger partial charge in [-0.3, -0.25) is 9.59 Å². The number of anilines is 2. The van der Waals surface area contributed by atoms with Crippen LogP contribution in [0.15, 0.2) is 60.8 Å². The van der Waals surface area contributed by atoms with Gasteiger partial charge < -0.3 is 5.32 Å². The van der Waals surface area contributed by atoms with E-state index in [4.69, 9.17) is 11.6 Å². The van der Waals surface area contributed by atoms with Crippen molar-refractivity contribution < 1.29 is 62.3 Å². The Morgan fingerprint density at radius 2 is 1.42 bits per heavy atom. The van der Waals surface area contributed by atoms with Gasteiger partial charge in [0.2, 0.25) is 0 Å². The third-order valence-electron chi connectivity index (χ3n) is 5.63. The summed E-state index contributed by atoms with van der Waals surface area (Å²) in [5, 5.41) is 2.44. The lowest BCUT2D eigenvalue weighted by molar-refractivity contribution is -0.389. The molecule has 0 saturated carbocycles. The molecule has 0 fully saturated rings. The summed E-state index contributed by atoms with van der Waals surface area (Å²) in [6, 6.07) is 5.77. The van der Waals surface area contributed by atoms with E-state index in [0.717, 1.165) is 41.2 Å². The first-order chi connectivity index (χ1) is 19.5. The number of amides is 2. The van der Waals surface area contributed by atoms with E-state index in [1.807, 2.05) is 0 Å². The topological polar surface area (TPSA) is 62.3 Å². The molecule has 5 nitrogen and oxygen atoms in total. The molecule has 3 rings (SSSR count). The third kappa shape index (κ3) is 6.63. The first-order valence-corrected chi connectivity index (χ1v) is 12.3. The van der Waals surface area contributed by atoms with Crippen molar-refractivity contribution in [1.82, 2.24) is 4.98 Å². The van der Waals surface area contributed by atoms with E-state index in [9.17, 15) is 62.3 Å². The summed E-state index contributed by atoms with van der Waals surface area (Å²) in [5.41, 5.74) is -13.5. The van der Waals surface area contributed by atoms with Gasteiger partial charge in [-0.15, -0.1) is 0 Å². The summed E-state index contributed by atoms with van der Waals surface area (Å²) in [4.78, 5) is 29.1. The fourth-order valence-electron chi connectivity index (χ4n) is 3.53. The Morgan fingerprint density at radius 1 is 0.791 bits per heavy atom. The minimum absolute atomic E-state index is 0.0189. The molecule has 1 N–H and O–H groups in total. The lowest BCUT2D eigenvalue weighted by Crippen LogP contribution is -2.59. The van der Waals surface area contributed by atoms with Crippen LogP contribution >= 0.6 is 34.5 Å². The number of carbonyl (C=O) groups excluding carboxylic acids is 2. The lowest BCUT2D eigenvalue weighted by atomic mass is 9.86. The summed E-state index contributed by atoms with van der Waals surface area (Å²) < 4.78 is 163. The zero-order chi connectivity index (χ0) is 32.8. The van der Waals surface area contributed by atoms with Gasteiger partial charge in [-0.25, -0.2) is 12.5 Å². The number of pyridine rings is 1. The van der Waals surface area contributed by atoms with E-state index in [1.165, 1.54) is 24.3 Å². The maximum absolute atomic E-state index is 14.8. The van der Waals surface area contributed by atoms with E-state index in [2.05, 4.69) is 10.3 Å². The summed E-state index contributed by atoms with van der Waals surface area (Å²) in [5.74, 6) is -9.27. The van der Waals surface area contributed by atoms with Crippen molar-refractivity contribution in [3.63, 3.8) is 0 Å². The Bertz CT molecular complexity index is 1530. The highest BCUT2D eigenvalue weighted by Crippen LogP contribution is 2.59. The maximum atomic E-state index is 14.8. The standard InChI is InChI=1S/C24H11ClF12IN3O2/c25-17-7-4-12(10-39-17)18(42)40-14-3-1-2-11(8-14)19(43)41(38)16-6-5-13(9-15(16)21(27,28)29)20(26,23(32,33)34)22(30,31)24(35,36)37/h1-10H,(H,40,42). The van der Waals surface area contributed by atoms with E-state index in [1.54, 1.807) is 0 Å². The molecule has 1 atom stereocenters. The quantitative estimate of drug-likeness (QED) is 0.118. The summed E-state index contributed by atoms with van der Waals surface area (Å²) in [6.07, 6.45) is -18.9. The van der Waals surface area contributed by atoms with Gasteiger partial charge in [0, 0.05) is 23.0 Å². The number of halogens is 14. The number of nitrogens with one attached hydrogen (secondary N) is 1. The van der Waals surface area contributed by atoms with Crippen molar-refractivity contribution in [3.05, 3.63) is 88.2 Å². The molecular formula is C24H11ClF12IN3O2. The Labute approximate surface area is 251 Å². The van der Waals surface area contributed by atoms with Crippen LogP contribution in [0.4, 0.5) is 64.1 Å². The molecule has 0 aliphatic heterocycles. The Hall–Kier alpha value is -3.29. The van der Waals surface area contributed by atoms with E-state index >= 15 is 0 Å². The van der Waals surface area contributed by atoms with Crippen LogP contribution in [0.5, 0.6) is 0 Å². The van der Waals surface area contributed by atoms with Crippen molar-refractivity contribution in [1.29, 1.82) is 0 Å². The monoisotopic (exact) mass is 763 g/mol. The van der Waals surface area contributed by atoms with E-state index in [-0.39, 0.29) is 31.6 Å². The summed E-state index contributed by atoms with van der Waals surface area (Å²) in [6.45, 7) is 0. The molecule has 2 aromatic carbocycles. The molecule has 1 heterocycles. The van der Waals surface area contributed by atoms with Gasteiger partial charge in [0.1, 0.15) is 5.15 Å². The van der Waals surface area contributed by atoms with Gasteiger partial charge in [-0.1, -0.05) is 23.7 Å². The van der Waals surface area contributed by atoms with Crippen LogP contribution in [0.3, 0.4) is 0 Å². The van der Waals surface area contributed by atoms with Crippen molar-refractivity contribution >= 4 is 57.7 Å². The second-order valence-electron chi connectivity index (χ2n) is 8.45. The molecule has 0 saturated heterocycles. The van der Waals surface area contributed by atoms with Gasteiger partial charge in [-0.05, 0) is 42.5 Å². The maximum Gasteiger partial charge on any atom is 0.457 e. The molecule has 3 aromatic rings. The zero-order valence-corrected chi connectivity index (χ0v) is 23.2. The highest BCUT2D eigenvalue weighted by atomic mass is 127. The molecule has 0 bridgehead atoms. The third-order valence-corrected chi connectivity index (χ3v) is 6.81. The highest BCUT2D eigenvalue weighted by molar-refractivity contribution is 14.1. The van der Waals surface area contributed by atoms with Crippen LogP contribution in [0.25, 0.3) is 0 Å². The minimum atomic E-state index is -7.21. The molecule has 1 aromatic heterocycles. The van der Waals surface area contributed by atoms with Crippen LogP contribution < -0.4 is 8.43 Å². The summed E-state index contributed by atoms with van der Waals surface area (Å²) >= 11 is 6.60. The normalized spacial score (nSPS) is 14.2. The zero-order valence-electron chi connectivity index (χ0n) is 20.3. The van der Waals surface area contributed by atoms with Gasteiger partial charge in [-0.2, -0.15) is 48.3 Å². The number of benzene rings is 2. The van der Waals surface area contributed by atoms with E-state index in [0.29, 0.717) is 0 Å². The fraction of sp³-hybridized carbons (Fsp3) is 0.208. The largest absolute Gasteiger partial charge is 0.457 e. The second kappa shape index (κ2) is 11.7. The molecule has 1 unspecified atom stereocenters. The molecule has 232 valence electrons. The lowest BCUT2D eigenvalue weighted by Gasteiger charge is -2.36. The van der Waals surface area contributed by atoms with Crippen LogP contribution in [-0.4, -0.2) is 35.1 Å². The molecule has 0 aliphatic rings. The number of hydrogen-bond donors (Lipinski definition) is 1. The average molecular weight is 764 g/mol. The van der Waals surface area contributed by atoms with Gasteiger partial charge in [0.05, 0.1) is 39.7 Å². The highest BCUT2D eigenvalue weighted by Gasteiger charge is 2.81. The van der Waals surface area contributed by atoms with Crippen molar-refractivity contribution in [2.45, 2.75) is 30.1 Å². The summed E-state index contributed by atoms with van der Waals surface area (Å²) in [7, 11) is 0. The number of aromatic nitrogens is 1. The predicted molar refractivity (Wildman–Crippen MR) is 136 cm³/mol. The Kier molecular flexibility index (Phi) is 9.27. The molecular weight excluding hydrogens is 753 g/mol. The fourth-order valence-corrected chi connectivity index (χ4v) is 4.34. The first kappa shape index (κ1) is 34.2. The predicted octanol–water partition coefficient (Wildman–Crippen LogP) is 8.93. The number of nitrogens with zero attached hydrogens (tertiary/aromatic N) is 2. The molecule has 0 spiro atoms. The Balaban J connectivity index is 2.04. The van der Waals surface area contributed by atoms with Crippen LogP contribution in [-0.2, 0) is 11.8 Å². The first-order valence-electron chi connectivity index (χ1n) is 11.0. The van der Waals surface area contributed by atoms with Gasteiger partial charge in [0.15, 0.2) is 0 Å². The minimum Gasteiger partial charge on any atom is -0.322 e. The molecule has 19 heteroatoms. The van der Waals surface area contributed by atoms with Gasteiger partial charge >= 0.3 is 30.1 Å². The van der Waals surface area contributed by atoms with E-state index < -0.39 is 70.4 Å². The van der Waals surface area contributed by atoms with Crippen molar-refractivity contribution in [2.24, 2.45) is 0 Å². The number of carbonyl (C=O) groups is 2. The number of hydrogen-bond acceptors (Lipinski definition) is 3. The number of rotatable bonds is 6. The smallest absolute Gasteiger partial charge is 0.322 e. The van der Waals surface area contributed by atoms with Crippen LogP contribution in [0, 0.1) is 0 Å². The van der Waals surface area contributed by atoms with Crippen molar-refractivity contribution in [2.75, 3.05) is 8.43 Å². The molecule has 0 aliphatic carbocycles. The Morgan fingerprint density at radius 3 is 1.93 bits per heavy atom. The molecule has 2 amide bonds. The molecule has 0 radical (unpaired) electrons. The van der Waals surface area contributed by atoms with Crippen LogP contribution in [0.2, 0.25) is 5.15 Å². The van der Waals surface area contributed by atoms with Crippen LogP contribution in [0.1, 0.15) is 31.8 Å².